The lowest BCUT2D eigenvalue weighted by molar-refractivity contribution is -0.385. The molecule has 1 aliphatic rings. The first-order chi connectivity index (χ1) is 15.3. The Balaban J connectivity index is 1.75. The minimum Gasteiger partial charge on any atom is -0.493 e. The highest BCUT2D eigenvalue weighted by Gasteiger charge is 2.27. The molecular formula is C22H25F2N3O5. The zero-order valence-corrected chi connectivity index (χ0v) is 17.8. The summed E-state index contributed by atoms with van der Waals surface area (Å²) in [4.78, 5) is 25.7. The highest BCUT2D eigenvalue weighted by molar-refractivity contribution is 5.99. The Morgan fingerprint density at radius 3 is 2.59 bits per heavy atom. The molecule has 1 unspecified atom stereocenters. The third-order valence-corrected chi connectivity index (χ3v) is 5.59. The van der Waals surface area contributed by atoms with Crippen molar-refractivity contribution >= 4 is 11.6 Å². The van der Waals surface area contributed by atoms with Gasteiger partial charge in [0.05, 0.1) is 18.1 Å². The minimum atomic E-state index is -3.19. The standard InChI is InChI=1S/C22H25F2N3O5/c1-3-16(26-9-8-14-6-4-5-7-15(14)13-26)12-25-21(28)17-10-19(31-2)20(32-22(23)24)11-18(17)27(29)30/h4-7,10-11,16,22H,3,8-9,12-13H2,1-2H3,(H,25,28). The van der Waals surface area contributed by atoms with E-state index in [0.29, 0.717) is 0 Å². The quantitative estimate of drug-likeness (QED) is 0.463. The molecule has 32 heavy (non-hydrogen) atoms. The van der Waals surface area contributed by atoms with E-state index in [9.17, 15) is 23.7 Å². The molecule has 0 radical (unpaired) electrons. The molecule has 8 nitrogen and oxygen atoms in total. The van der Waals surface area contributed by atoms with Crippen LogP contribution in [0.3, 0.4) is 0 Å². The average Bonchev–Trinajstić information content (AvgIpc) is 2.78. The van der Waals surface area contributed by atoms with Gasteiger partial charge in [0.25, 0.3) is 11.6 Å². The van der Waals surface area contributed by atoms with Gasteiger partial charge in [-0.3, -0.25) is 19.8 Å². The summed E-state index contributed by atoms with van der Waals surface area (Å²) < 4.78 is 34.5. The van der Waals surface area contributed by atoms with Crippen molar-refractivity contribution in [1.82, 2.24) is 10.2 Å². The van der Waals surface area contributed by atoms with Crippen LogP contribution in [0.4, 0.5) is 14.5 Å². The molecule has 2 aromatic carbocycles. The van der Waals surface area contributed by atoms with Gasteiger partial charge in [-0.2, -0.15) is 8.78 Å². The zero-order valence-electron chi connectivity index (χ0n) is 17.8. The normalized spacial score (nSPS) is 14.5. The third-order valence-electron chi connectivity index (χ3n) is 5.59. The Morgan fingerprint density at radius 1 is 1.25 bits per heavy atom. The van der Waals surface area contributed by atoms with Crippen LogP contribution in [0, 0.1) is 10.1 Å². The number of amides is 1. The molecule has 0 fully saturated rings. The number of rotatable bonds is 9. The van der Waals surface area contributed by atoms with Crippen molar-refractivity contribution < 1.29 is 28.0 Å². The SMILES string of the molecule is CCC(CNC(=O)c1cc(OC)c(OC(F)F)cc1[N+](=O)[O-])N1CCc2ccccc2C1. The number of nitro groups is 1. The fraction of sp³-hybridized carbons (Fsp3) is 0.409. The van der Waals surface area contributed by atoms with Gasteiger partial charge in [0.1, 0.15) is 5.56 Å². The second-order valence-electron chi connectivity index (χ2n) is 7.42. The number of nitro benzene ring substituents is 1. The van der Waals surface area contributed by atoms with Crippen LogP contribution in [0.25, 0.3) is 0 Å². The summed E-state index contributed by atoms with van der Waals surface area (Å²) in [6, 6.07) is 10.1. The zero-order chi connectivity index (χ0) is 23.3. The first kappa shape index (κ1) is 23.4. The number of benzene rings is 2. The van der Waals surface area contributed by atoms with Crippen molar-refractivity contribution in [3.8, 4) is 11.5 Å². The van der Waals surface area contributed by atoms with E-state index in [4.69, 9.17) is 4.74 Å². The van der Waals surface area contributed by atoms with E-state index in [-0.39, 0.29) is 23.9 Å². The summed E-state index contributed by atoms with van der Waals surface area (Å²) >= 11 is 0. The number of carbonyl (C=O) groups excluding carboxylic acids is 1. The van der Waals surface area contributed by atoms with Gasteiger partial charge in [0.15, 0.2) is 11.5 Å². The number of halogens is 2. The number of fused-ring (bicyclic) bond motifs is 1. The monoisotopic (exact) mass is 449 g/mol. The van der Waals surface area contributed by atoms with Crippen molar-refractivity contribution in [2.75, 3.05) is 20.2 Å². The second kappa shape index (κ2) is 10.4. The van der Waals surface area contributed by atoms with Gasteiger partial charge in [-0.1, -0.05) is 31.2 Å². The molecule has 1 amide bonds. The maximum absolute atomic E-state index is 12.8. The Hall–Kier alpha value is -3.27. The Morgan fingerprint density at radius 2 is 1.97 bits per heavy atom. The summed E-state index contributed by atoms with van der Waals surface area (Å²) in [7, 11) is 1.20. The van der Waals surface area contributed by atoms with Crippen LogP contribution < -0.4 is 14.8 Å². The number of nitrogens with zero attached hydrogens (tertiary/aromatic N) is 2. The molecule has 0 aromatic heterocycles. The van der Waals surface area contributed by atoms with Crippen molar-refractivity contribution in [2.24, 2.45) is 0 Å². The predicted molar refractivity (Wildman–Crippen MR) is 113 cm³/mol. The first-order valence-corrected chi connectivity index (χ1v) is 10.2. The number of ether oxygens (including phenoxy) is 2. The van der Waals surface area contributed by atoms with Crippen LogP contribution in [-0.2, 0) is 13.0 Å². The van der Waals surface area contributed by atoms with Crippen molar-refractivity contribution in [3.05, 3.63) is 63.2 Å². The Bertz CT molecular complexity index is 986. The molecular weight excluding hydrogens is 424 g/mol. The highest BCUT2D eigenvalue weighted by Crippen LogP contribution is 2.35. The van der Waals surface area contributed by atoms with E-state index in [0.717, 1.165) is 38.1 Å². The summed E-state index contributed by atoms with van der Waals surface area (Å²) in [6.45, 7) is 0.714. The van der Waals surface area contributed by atoms with Crippen LogP contribution in [0.15, 0.2) is 36.4 Å². The van der Waals surface area contributed by atoms with E-state index >= 15 is 0 Å². The number of nitrogens with one attached hydrogen (secondary N) is 1. The molecule has 0 bridgehead atoms. The summed E-state index contributed by atoms with van der Waals surface area (Å²) in [6.07, 6.45) is 1.68. The number of methoxy groups -OCH3 is 1. The summed E-state index contributed by atoms with van der Waals surface area (Å²) in [5.74, 6) is -1.39. The molecule has 1 aliphatic heterocycles. The van der Waals surface area contributed by atoms with Gasteiger partial charge in [-0.25, -0.2) is 0 Å². The van der Waals surface area contributed by atoms with Gasteiger partial charge >= 0.3 is 6.61 Å². The lowest BCUT2D eigenvalue weighted by Crippen LogP contribution is -2.45. The van der Waals surface area contributed by atoms with Crippen LogP contribution in [-0.4, -0.2) is 48.6 Å². The van der Waals surface area contributed by atoms with Gasteiger partial charge < -0.3 is 14.8 Å². The van der Waals surface area contributed by atoms with E-state index in [1.807, 2.05) is 19.1 Å². The van der Waals surface area contributed by atoms with Gasteiger partial charge in [0, 0.05) is 31.7 Å². The molecule has 1 N–H and O–H groups in total. The highest BCUT2D eigenvalue weighted by atomic mass is 19.3. The van der Waals surface area contributed by atoms with Crippen LogP contribution in [0.1, 0.15) is 34.8 Å². The number of carbonyl (C=O) groups is 1. The first-order valence-electron chi connectivity index (χ1n) is 10.2. The van der Waals surface area contributed by atoms with Gasteiger partial charge in [0.2, 0.25) is 0 Å². The van der Waals surface area contributed by atoms with Crippen LogP contribution in [0.2, 0.25) is 0 Å². The Labute approximate surface area is 184 Å². The summed E-state index contributed by atoms with van der Waals surface area (Å²) in [5, 5.41) is 14.2. The molecule has 10 heteroatoms. The van der Waals surface area contributed by atoms with E-state index in [1.165, 1.54) is 18.2 Å². The molecule has 2 aromatic rings. The second-order valence-corrected chi connectivity index (χ2v) is 7.42. The number of hydrogen-bond donors (Lipinski definition) is 1. The van der Waals surface area contributed by atoms with Crippen molar-refractivity contribution in [1.29, 1.82) is 0 Å². The van der Waals surface area contributed by atoms with Crippen LogP contribution in [0.5, 0.6) is 11.5 Å². The number of hydrogen-bond acceptors (Lipinski definition) is 6. The topological polar surface area (TPSA) is 93.9 Å². The molecule has 3 rings (SSSR count). The predicted octanol–water partition coefficient (Wildman–Crippen LogP) is 3.77. The fourth-order valence-electron chi connectivity index (χ4n) is 3.90. The average molecular weight is 449 g/mol. The lowest BCUT2D eigenvalue weighted by atomic mass is 9.98. The van der Waals surface area contributed by atoms with Crippen molar-refractivity contribution in [2.45, 2.75) is 39.0 Å². The van der Waals surface area contributed by atoms with E-state index in [2.05, 4.69) is 27.1 Å². The fourth-order valence-corrected chi connectivity index (χ4v) is 3.90. The molecule has 0 saturated heterocycles. The number of alkyl halides is 2. The maximum atomic E-state index is 12.8. The summed E-state index contributed by atoms with van der Waals surface area (Å²) in [5.41, 5.74) is 1.64. The van der Waals surface area contributed by atoms with Gasteiger partial charge in [-0.05, 0) is 24.0 Å². The molecule has 0 spiro atoms. The minimum absolute atomic E-state index is 0.0368. The molecule has 172 valence electrons. The smallest absolute Gasteiger partial charge is 0.387 e. The van der Waals surface area contributed by atoms with Crippen LogP contribution >= 0.6 is 0 Å². The molecule has 0 aliphatic carbocycles. The Kier molecular flexibility index (Phi) is 7.57. The van der Waals surface area contributed by atoms with E-state index in [1.54, 1.807) is 0 Å². The van der Waals surface area contributed by atoms with E-state index < -0.39 is 28.9 Å². The lowest BCUT2D eigenvalue weighted by Gasteiger charge is -2.35. The molecule has 0 saturated carbocycles. The molecule has 1 heterocycles. The molecule has 1 atom stereocenters. The third kappa shape index (κ3) is 5.31. The van der Waals surface area contributed by atoms with Crippen molar-refractivity contribution in [3.63, 3.8) is 0 Å². The largest absolute Gasteiger partial charge is 0.493 e. The van der Waals surface area contributed by atoms with Gasteiger partial charge in [-0.15, -0.1) is 0 Å². The maximum Gasteiger partial charge on any atom is 0.387 e.